The van der Waals surface area contributed by atoms with Crippen molar-refractivity contribution in [1.82, 2.24) is 0 Å². The maximum atomic E-state index is 13.1. The van der Waals surface area contributed by atoms with E-state index in [0.29, 0.717) is 13.0 Å². The molecule has 0 radical (unpaired) electrons. The number of nitrogens with zero attached hydrogens (tertiary/aromatic N) is 1. The summed E-state index contributed by atoms with van der Waals surface area (Å²) in [5, 5.41) is 10.5. The van der Waals surface area contributed by atoms with Gasteiger partial charge in [0, 0.05) is 13.0 Å². The summed E-state index contributed by atoms with van der Waals surface area (Å²) in [6.45, 7) is 0.371. The molecule has 0 atom stereocenters. The molecule has 2 N–H and O–H groups in total. The monoisotopic (exact) mass is 208 g/mol. The molecule has 0 spiro atoms. The molecule has 15 heavy (non-hydrogen) atoms. The zero-order chi connectivity index (χ0) is 11.3. The van der Waals surface area contributed by atoms with Gasteiger partial charge in [0.25, 0.3) is 0 Å². The minimum Gasteiger partial charge on any atom is -0.330 e. The van der Waals surface area contributed by atoms with Crippen molar-refractivity contribution in [3.8, 4) is 11.8 Å². The lowest BCUT2D eigenvalue weighted by Gasteiger charge is -1.95. The van der Waals surface area contributed by atoms with E-state index in [0.717, 1.165) is 6.07 Å². The highest BCUT2D eigenvalue weighted by atomic mass is 19.1. The zero-order valence-corrected chi connectivity index (χ0v) is 7.87. The minimum absolute atomic E-state index is 0.0773. The van der Waals surface area contributed by atoms with Crippen LogP contribution in [0.1, 0.15) is 12.0 Å². The number of hydrogen-bond acceptors (Lipinski definition) is 3. The van der Waals surface area contributed by atoms with E-state index in [9.17, 15) is 14.5 Å². The molecule has 0 aliphatic heterocycles. The first-order valence-corrected chi connectivity index (χ1v) is 4.28. The molecule has 0 fully saturated rings. The highest BCUT2D eigenvalue weighted by Gasteiger charge is 2.17. The highest BCUT2D eigenvalue weighted by Crippen LogP contribution is 2.21. The molecular weight excluding hydrogens is 199 g/mol. The number of nitro benzene ring substituents is 1. The van der Waals surface area contributed by atoms with Gasteiger partial charge in [-0.05, 0) is 12.1 Å². The summed E-state index contributed by atoms with van der Waals surface area (Å²) in [7, 11) is 0. The quantitative estimate of drug-likeness (QED) is 0.454. The summed E-state index contributed by atoms with van der Waals surface area (Å²) < 4.78 is 13.1. The van der Waals surface area contributed by atoms with Crippen LogP contribution in [0.15, 0.2) is 18.2 Å². The van der Waals surface area contributed by atoms with E-state index in [4.69, 9.17) is 5.73 Å². The second-order valence-corrected chi connectivity index (χ2v) is 2.73. The third kappa shape index (κ3) is 2.76. The van der Waals surface area contributed by atoms with Crippen LogP contribution < -0.4 is 5.73 Å². The number of nitrogens with two attached hydrogens (primary N) is 1. The largest absolute Gasteiger partial charge is 0.330 e. The first kappa shape index (κ1) is 11.1. The summed E-state index contributed by atoms with van der Waals surface area (Å²) in [6.07, 6.45) is 0.424. The van der Waals surface area contributed by atoms with E-state index < -0.39 is 16.4 Å². The molecule has 0 saturated heterocycles. The van der Waals surface area contributed by atoms with E-state index in [1.807, 2.05) is 0 Å². The molecule has 0 amide bonds. The van der Waals surface area contributed by atoms with Crippen molar-refractivity contribution in [2.45, 2.75) is 6.42 Å². The van der Waals surface area contributed by atoms with Crippen LogP contribution in [0.2, 0.25) is 0 Å². The van der Waals surface area contributed by atoms with Crippen molar-refractivity contribution >= 4 is 5.69 Å². The van der Waals surface area contributed by atoms with Crippen LogP contribution in [0.4, 0.5) is 10.1 Å². The molecule has 0 aliphatic rings. The van der Waals surface area contributed by atoms with Crippen LogP contribution in [-0.4, -0.2) is 11.5 Å². The van der Waals surface area contributed by atoms with Gasteiger partial charge in [0.1, 0.15) is 5.56 Å². The average Bonchev–Trinajstić information content (AvgIpc) is 2.17. The van der Waals surface area contributed by atoms with Gasteiger partial charge < -0.3 is 5.73 Å². The van der Waals surface area contributed by atoms with Gasteiger partial charge in [-0.25, -0.2) is 0 Å². The predicted molar refractivity (Wildman–Crippen MR) is 53.6 cm³/mol. The normalized spacial score (nSPS) is 9.20. The summed E-state index contributed by atoms with van der Waals surface area (Å²) in [5.74, 6) is 4.28. The smallest absolute Gasteiger partial charge is 0.320 e. The SMILES string of the molecule is NCCC#Cc1cccc(F)c1[N+](=O)[O-]. The van der Waals surface area contributed by atoms with Gasteiger partial charge in [0.15, 0.2) is 0 Å². The summed E-state index contributed by atoms with van der Waals surface area (Å²) in [4.78, 5) is 9.77. The number of benzene rings is 1. The second-order valence-electron chi connectivity index (χ2n) is 2.73. The summed E-state index contributed by atoms with van der Waals surface area (Å²) in [6, 6.07) is 3.83. The summed E-state index contributed by atoms with van der Waals surface area (Å²) in [5.41, 5.74) is 4.71. The number of nitro groups is 1. The molecule has 0 unspecified atom stereocenters. The first-order valence-electron chi connectivity index (χ1n) is 4.28. The van der Waals surface area contributed by atoms with E-state index in [2.05, 4.69) is 11.8 Å². The maximum absolute atomic E-state index is 13.1. The van der Waals surface area contributed by atoms with E-state index in [-0.39, 0.29) is 5.56 Å². The van der Waals surface area contributed by atoms with Crippen LogP contribution >= 0.6 is 0 Å². The van der Waals surface area contributed by atoms with Gasteiger partial charge in [0.05, 0.1) is 4.92 Å². The van der Waals surface area contributed by atoms with Gasteiger partial charge in [-0.3, -0.25) is 10.1 Å². The Hall–Kier alpha value is -1.93. The molecule has 0 heterocycles. The van der Waals surface area contributed by atoms with Crippen LogP contribution in [0.25, 0.3) is 0 Å². The fourth-order valence-corrected chi connectivity index (χ4v) is 1.03. The second kappa shape index (κ2) is 5.08. The fourth-order valence-electron chi connectivity index (χ4n) is 1.03. The number of para-hydroxylation sites is 1. The van der Waals surface area contributed by atoms with Crippen LogP contribution in [-0.2, 0) is 0 Å². The molecule has 5 heteroatoms. The lowest BCUT2D eigenvalue weighted by Crippen LogP contribution is -1.97. The lowest BCUT2D eigenvalue weighted by atomic mass is 10.1. The molecule has 1 aromatic carbocycles. The third-order valence-corrected chi connectivity index (χ3v) is 1.66. The Morgan fingerprint density at radius 1 is 1.53 bits per heavy atom. The Morgan fingerprint density at radius 2 is 2.27 bits per heavy atom. The lowest BCUT2D eigenvalue weighted by molar-refractivity contribution is -0.387. The molecule has 0 aliphatic carbocycles. The molecule has 0 aromatic heterocycles. The van der Waals surface area contributed by atoms with Crippen molar-refractivity contribution in [1.29, 1.82) is 0 Å². The fraction of sp³-hybridized carbons (Fsp3) is 0.200. The van der Waals surface area contributed by atoms with E-state index >= 15 is 0 Å². The average molecular weight is 208 g/mol. The topological polar surface area (TPSA) is 69.2 Å². The number of halogens is 1. The van der Waals surface area contributed by atoms with Crippen LogP contribution in [0, 0.1) is 27.8 Å². The molecule has 0 bridgehead atoms. The van der Waals surface area contributed by atoms with Gasteiger partial charge in [-0.15, -0.1) is 0 Å². The minimum atomic E-state index is -0.875. The number of hydrogen-bond donors (Lipinski definition) is 1. The van der Waals surface area contributed by atoms with Gasteiger partial charge in [-0.1, -0.05) is 17.9 Å². The Kier molecular flexibility index (Phi) is 3.77. The van der Waals surface area contributed by atoms with Crippen molar-refractivity contribution in [2.75, 3.05) is 6.54 Å². The zero-order valence-electron chi connectivity index (χ0n) is 7.87. The van der Waals surface area contributed by atoms with Crippen molar-refractivity contribution in [3.63, 3.8) is 0 Å². The van der Waals surface area contributed by atoms with Crippen molar-refractivity contribution in [3.05, 3.63) is 39.7 Å². The van der Waals surface area contributed by atoms with Gasteiger partial charge in [0.2, 0.25) is 5.82 Å². The van der Waals surface area contributed by atoms with Crippen LogP contribution in [0.3, 0.4) is 0 Å². The third-order valence-electron chi connectivity index (χ3n) is 1.66. The molecule has 78 valence electrons. The van der Waals surface area contributed by atoms with Crippen LogP contribution in [0.5, 0.6) is 0 Å². The molecule has 1 aromatic rings. The van der Waals surface area contributed by atoms with Gasteiger partial charge in [-0.2, -0.15) is 4.39 Å². The Morgan fingerprint density at radius 3 is 2.87 bits per heavy atom. The molecular formula is C10H9FN2O2. The Balaban J connectivity index is 3.13. The highest BCUT2D eigenvalue weighted by molar-refractivity contribution is 5.51. The predicted octanol–water partition coefficient (Wildman–Crippen LogP) is 1.43. The molecule has 1 rings (SSSR count). The summed E-state index contributed by atoms with van der Waals surface area (Å²) >= 11 is 0. The first-order chi connectivity index (χ1) is 7.16. The molecule has 4 nitrogen and oxygen atoms in total. The van der Waals surface area contributed by atoms with E-state index in [1.54, 1.807) is 0 Å². The van der Waals surface area contributed by atoms with Crippen molar-refractivity contribution in [2.24, 2.45) is 5.73 Å². The van der Waals surface area contributed by atoms with Crippen molar-refractivity contribution < 1.29 is 9.31 Å². The Bertz CT molecular complexity index is 435. The molecule has 0 saturated carbocycles. The van der Waals surface area contributed by atoms with Gasteiger partial charge >= 0.3 is 5.69 Å². The number of rotatable bonds is 2. The maximum Gasteiger partial charge on any atom is 0.320 e. The Labute approximate surface area is 86.0 Å². The standard InChI is InChI=1S/C10H9FN2O2/c11-9-6-3-5-8(4-1-2-7-12)10(9)13(14)15/h3,5-6H,2,7,12H2. The van der Waals surface area contributed by atoms with E-state index in [1.165, 1.54) is 12.1 Å².